The lowest BCUT2D eigenvalue weighted by Crippen LogP contribution is -2.34. The van der Waals surface area contributed by atoms with Crippen molar-refractivity contribution in [3.05, 3.63) is 11.9 Å². The smallest absolute Gasteiger partial charge is 0.276 e. The molecule has 2 heterocycles. The molecule has 7 nitrogen and oxygen atoms in total. The van der Waals surface area contributed by atoms with Crippen LogP contribution in [0.3, 0.4) is 0 Å². The molecule has 0 aromatic carbocycles. The van der Waals surface area contributed by atoms with Crippen LogP contribution >= 0.6 is 12.4 Å². The van der Waals surface area contributed by atoms with Crippen molar-refractivity contribution in [3.8, 4) is 0 Å². The van der Waals surface area contributed by atoms with E-state index in [1.165, 1.54) is 0 Å². The fourth-order valence-corrected chi connectivity index (χ4v) is 2.51. The van der Waals surface area contributed by atoms with Gasteiger partial charge in [-0.25, -0.2) is 4.68 Å². The number of aromatic nitrogens is 3. The van der Waals surface area contributed by atoms with Gasteiger partial charge in [0.1, 0.15) is 0 Å². The van der Waals surface area contributed by atoms with Gasteiger partial charge in [-0.1, -0.05) is 5.21 Å². The number of piperidine rings is 1. The molecule has 0 unspecified atom stereocenters. The van der Waals surface area contributed by atoms with E-state index in [-0.39, 0.29) is 18.3 Å². The predicted molar refractivity (Wildman–Crippen MR) is 86.5 cm³/mol. The molecule has 2 rings (SSSR count). The molecule has 1 aliphatic rings. The van der Waals surface area contributed by atoms with Crippen molar-refractivity contribution in [1.82, 2.24) is 25.2 Å². The van der Waals surface area contributed by atoms with Crippen LogP contribution in [0.4, 0.5) is 0 Å². The Balaban J connectivity index is 0.00000242. The molecule has 1 aromatic rings. The van der Waals surface area contributed by atoms with Crippen molar-refractivity contribution in [3.63, 3.8) is 0 Å². The summed E-state index contributed by atoms with van der Waals surface area (Å²) in [4.78, 5) is 14.2. The molecule has 0 saturated carbocycles. The second-order valence-electron chi connectivity index (χ2n) is 5.15. The zero-order valence-electron chi connectivity index (χ0n) is 13.3. The van der Waals surface area contributed by atoms with E-state index in [2.05, 4.69) is 15.6 Å². The molecule has 1 aliphatic heterocycles. The molecule has 1 amide bonds. The SMILES string of the molecule is CCOCCN(CC)C(=O)c1cn(C2CCNCC2)nn1.Cl. The fraction of sp³-hybridized carbons (Fsp3) is 0.786. The molecular formula is C14H26ClN5O2. The molecule has 1 aromatic heterocycles. The highest BCUT2D eigenvalue weighted by molar-refractivity contribution is 5.91. The maximum atomic E-state index is 12.4. The maximum absolute atomic E-state index is 12.4. The quantitative estimate of drug-likeness (QED) is 0.758. The Hall–Kier alpha value is -1.18. The molecule has 0 radical (unpaired) electrons. The number of amides is 1. The third kappa shape index (κ3) is 4.93. The Kier molecular flexibility index (Phi) is 8.37. The normalized spacial score (nSPS) is 15.4. The van der Waals surface area contributed by atoms with Crippen LogP contribution in [0.5, 0.6) is 0 Å². The Labute approximate surface area is 137 Å². The second kappa shape index (κ2) is 9.76. The Morgan fingerprint density at radius 1 is 1.45 bits per heavy atom. The van der Waals surface area contributed by atoms with Crippen LogP contribution in [0.1, 0.15) is 43.2 Å². The molecule has 1 fully saturated rings. The van der Waals surface area contributed by atoms with Gasteiger partial charge < -0.3 is 15.0 Å². The van der Waals surface area contributed by atoms with E-state index in [9.17, 15) is 4.79 Å². The van der Waals surface area contributed by atoms with Crippen LogP contribution in [0, 0.1) is 0 Å². The van der Waals surface area contributed by atoms with Gasteiger partial charge in [0.25, 0.3) is 5.91 Å². The Morgan fingerprint density at radius 2 is 2.18 bits per heavy atom. The number of nitrogens with zero attached hydrogens (tertiary/aromatic N) is 4. The largest absolute Gasteiger partial charge is 0.380 e. The van der Waals surface area contributed by atoms with Crippen molar-refractivity contribution in [2.75, 3.05) is 39.4 Å². The van der Waals surface area contributed by atoms with Gasteiger partial charge in [0, 0.05) is 19.7 Å². The number of ether oxygens (including phenoxy) is 1. The summed E-state index contributed by atoms with van der Waals surface area (Å²) < 4.78 is 7.15. The van der Waals surface area contributed by atoms with Crippen LogP contribution < -0.4 is 5.32 Å². The number of hydrogen-bond donors (Lipinski definition) is 1. The molecule has 1 saturated heterocycles. The van der Waals surface area contributed by atoms with Gasteiger partial charge in [-0.15, -0.1) is 17.5 Å². The van der Waals surface area contributed by atoms with Crippen molar-refractivity contribution < 1.29 is 9.53 Å². The van der Waals surface area contributed by atoms with Gasteiger partial charge in [-0.3, -0.25) is 4.79 Å². The van der Waals surface area contributed by atoms with Crippen molar-refractivity contribution in [1.29, 1.82) is 0 Å². The summed E-state index contributed by atoms with van der Waals surface area (Å²) in [5.74, 6) is -0.0719. The van der Waals surface area contributed by atoms with Gasteiger partial charge in [-0.05, 0) is 39.8 Å². The molecule has 8 heteroatoms. The average molecular weight is 332 g/mol. The second-order valence-corrected chi connectivity index (χ2v) is 5.15. The van der Waals surface area contributed by atoms with E-state index < -0.39 is 0 Å². The molecule has 126 valence electrons. The summed E-state index contributed by atoms with van der Waals surface area (Å²) in [6, 6.07) is 0.346. The summed E-state index contributed by atoms with van der Waals surface area (Å²) >= 11 is 0. The molecule has 1 N–H and O–H groups in total. The summed E-state index contributed by atoms with van der Waals surface area (Å²) in [6.07, 6.45) is 3.83. The zero-order valence-corrected chi connectivity index (χ0v) is 14.1. The standard InChI is InChI=1S/C14H25N5O2.ClH/c1-3-18(9-10-21-4-2)14(20)13-11-19(17-16-13)12-5-7-15-8-6-12;/h11-12,15H,3-10H2,1-2H3;1H. The fourth-order valence-electron chi connectivity index (χ4n) is 2.51. The molecule has 22 heavy (non-hydrogen) atoms. The van der Waals surface area contributed by atoms with Gasteiger partial charge in [0.2, 0.25) is 0 Å². The van der Waals surface area contributed by atoms with E-state index in [4.69, 9.17) is 4.74 Å². The van der Waals surface area contributed by atoms with Crippen LogP contribution in [-0.2, 0) is 4.74 Å². The first-order valence-electron chi connectivity index (χ1n) is 7.75. The molecular weight excluding hydrogens is 306 g/mol. The van der Waals surface area contributed by atoms with Gasteiger partial charge in [0.15, 0.2) is 5.69 Å². The average Bonchev–Trinajstić information content (AvgIpc) is 3.02. The molecule has 0 atom stereocenters. The van der Waals surface area contributed by atoms with Gasteiger partial charge in [-0.2, -0.15) is 0 Å². The van der Waals surface area contributed by atoms with Crippen LogP contribution in [0.15, 0.2) is 6.20 Å². The van der Waals surface area contributed by atoms with Crippen LogP contribution in [-0.4, -0.2) is 65.2 Å². The zero-order chi connectivity index (χ0) is 15.1. The lowest BCUT2D eigenvalue weighted by atomic mass is 10.1. The number of likely N-dealkylation sites (N-methyl/N-ethyl adjacent to an activating group) is 1. The van der Waals surface area contributed by atoms with E-state index in [1.54, 1.807) is 11.1 Å². The highest BCUT2D eigenvalue weighted by Gasteiger charge is 2.21. The minimum absolute atomic E-state index is 0. The molecule has 0 bridgehead atoms. The summed E-state index contributed by atoms with van der Waals surface area (Å²) in [5.41, 5.74) is 0.423. The first kappa shape index (κ1) is 18.9. The van der Waals surface area contributed by atoms with E-state index in [0.29, 0.717) is 38.0 Å². The van der Waals surface area contributed by atoms with Gasteiger partial charge in [0.05, 0.1) is 18.8 Å². The van der Waals surface area contributed by atoms with E-state index >= 15 is 0 Å². The third-order valence-corrected chi connectivity index (χ3v) is 3.79. The summed E-state index contributed by atoms with van der Waals surface area (Å²) in [7, 11) is 0. The lowest BCUT2D eigenvalue weighted by molar-refractivity contribution is 0.0663. The minimum Gasteiger partial charge on any atom is -0.380 e. The van der Waals surface area contributed by atoms with Crippen LogP contribution in [0.25, 0.3) is 0 Å². The van der Waals surface area contributed by atoms with Crippen LogP contribution in [0.2, 0.25) is 0 Å². The number of nitrogens with one attached hydrogen (secondary N) is 1. The maximum Gasteiger partial charge on any atom is 0.276 e. The monoisotopic (exact) mass is 331 g/mol. The number of rotatable bonds is 7. The number of halogens is 1. The summed E-state index contributed by atoms with van der Waals surface area (Å²) in [6.45, 7) is 8.34. The highest BCUT2D eigenvalue weighted by atomic mass is 35.5. The van der Waals surface area contributed by atoms with Crippen molar-refractivity contribution in [2.24, 2.45) is 0 Å². The first-order valence-corrected chi connectivity index (χ1v) is 7.75. The van der Waals surface area contributed by atoms with Crippen molar-refractivity contribution >= 4 is 18.3 Å². The number of hydrogen-bond acceptors (Lipinski definition) is 5. The first-order chi connectivity index (χ1) is 10.3. The summed E-state index contributed by atoms with van der Waals surface area (Å²) in [5, 5.41) is 11.5. The molecule has 0 aliphatic carbocycles. The van der Waals surface area contributed by atoms with E-state index in [0.717, 1.165) is 25.9 Å². The van der Waals surface area contributed by atoms with Crippen molar-refractivity contribution in [2.45, 2.75) is 32.7 Å². The van der Waals surface area contributed by atoms with Gasteiger partial charge >= 0.3 is 0 Å². The number of carbonyl (C=O) groups is 1. The minimum atomic E-state index is -0.0719. The Morgan fingerprint density at radius 3 is 2.82 bits per heavy atom. The topological polar surface area (TPSA) is 72.3 Å². The third-order valence-electron chi connectivity index (χ3n) is 3.79. The van der Waals surface area contributed by atoms with E-state index in [1.807, 2.05) is 18.5 Å². The lowest BCUT2D eigenvalue weighted by Gasteiger charge is -2.22. The predicted octanol–water partition coefficient (Wildman–Crippen LogP) is 1.12. The Bertz CT molecular complexity index is 448. The highest BCUT2D eigenvalue weighted by Crippen LogP contribution is 2.17. The number of carbonyl (C=O) groups excluding carboxylic acids is 1. The molecule has 0 spiro atoms.